The van der Waals surface area contributed by atoms with Crippen molar-refractivity contribution in [3.8, 4) is 0 Å². The number of benzene rings is 2. The molecule has 0 saturated carbocycles. The highest BCUT2D eigenvalue weighted by atomic mass is 19.4. The maximum Gasteiger partial charge on any atom is 0.416 e. The Hall–Kier alpha value is -2.75. The molecule has 0 aliphatic carbocycles. The van der Waals surface area contributed by atoms with Crippen LogP contribution in [0.1, 0.15) is 21.5 Å². The Labute approximate surface area is 150 Å². The van der Waals surface area contributed by atoms with Gasteiger partial charge in [0.25, 0.3) is 5.91 Å². The van der Waals surface area contributed by atoms with Crippen molar-refractivity contribution in [3.05, 3.63) is 65.2 Å². The van der Waals surface area contributed by atoms with Gasteiger partial charge in [-0.2, -0.15) is 26.3 Å². The molecule has 146 valence electrons. The van der Waals surface area contributed by atoms with Crippen molar-refractivity contribution in [1.29, 1.82) is 0 Å². The lowest BCUT2D eigenvalue weighted by atomic mass is 10.1. The number of rotatable bonds is 6. The molecule has 2 rings (SSSR count). The Kier molecular flexibility index (Phi) is 6.32. The number of amides is 1. The number of alkyl halides is 6. The maximum absolute atomic E-state index is 12.6. The van der Waals surface area contributed by atoms with Crippen molar-refractivity contribution in [2.24, 2.45) is 0 Å². The quantitative estimate of drug-likeness (QED) is 0.561. The number of hydrogen-bond donors (Lipinski definition) is 2. The van der Waals surface area contributed by atoms with Gasteiger partial charge >= 0.3 is 12.4 Å². The number of nitrogens with one attached hydrogen (secondary N) is 2. The zero-order valence-electron chi connectivity index (χ0n) is 13.6. The largest absolute Gasteiger partial charge is 0.416 e. The van der Waals surface area contributed by atoms with E-state index >= 15 is 0 Å². The Balaban J connectivity index is 1.89. The molecule has 0 aromatic heterocycles. The van der Waals surface area contributed by atoms with Crippen LogP contribution in [-0.4, -0.2) is 18.7 Å². The molecule has 2 N–H and O–H groups in total. The molecule has 1 amide bonds. The molecule has 4 nitrogen and oxygen atoms in total. The summed E-state index contributed by atoms with van der Waals surface area (Å²) in [4.78, 5) is 12.0. The summed E-state index contributed by atoms with van der Waals surface area (Å²) in [5.41, 5.74) is 4.37. The van der Waals surface area contributed by atoms with E-state index in [9.17, 15) is 31.1 Å². The Bertz CT molecular complexity index is 772. The second-order valence-electron chi connectivity index (χ2n) is 5.46. The van der Waals surface area contributed by atoms with Crippen molar-refractivity contribution in [2.75, 3.05) is 12.0 Å². The van der Waals surface area contributed by atoms with Crippen molar-refractivity contribution >= 4 is 11.6 Å². The number of anilines is 1. The fourth-order valence-corrected chi connectivity index (χ4v) is 2.01. The highest BCUT2D eigenvalue weighted by Gasteiger charge is 2.30. The Morgan fingerprint density at radius 3 is 2.22 bits per heavy atom. The maximum atomic E-state index is 12.6. The number of ether oxygens (including phenoxy) is 1. The molecule has 0 radical (unpaired) electrons. The molecule has 0 spiro atoms. The summed E-state index contributed by atoms with van der Waals surface area (Å²) in [6, 6.07) is 9.80. The first kappa shape index (κ1) is 20.6. The first-order valence-electron chi connectivity index (χ1n) is 7.52. The van der Waals surface area contributed by atoms with Gasteiger partial charge in [0, 0.05) is 5.56 Å². The molecule has 0 unspecified atom stereocenters. The molecule has 2 aromatic rings. The summed E-state index contributed by atoms with van der Waals surface area (Å²) < 4.78 is 78.4. The second-order valence-corrected chi connectivity index (χ2v) is 5.46. The van der Waals surface area contributed by atoms with E-state index in [0.717, 1.165) is 12.1 Å². The van der Waals surface area contributed by atoms with Gasteiger partial charge in [-0.1, -0.05) is 18.2 Å². The smallest absolute Gasteiger partial charge is 0.367 e. The van der Waals surface area contributed by atoms with Gasteiger partial charge in [-0.25, -0.2) is 0 Å². The fourth-order valence-electron chi connectivity index (χ4n) is 2.01. The molecule has 0 saturated heterocycles. The number of halogens is 6. The monoisotopic (exact) mass is 392 g/mol. The van der Waals surface area contributed by atoms with Gasteiger partial charge in [-0.15, -0.1) is 0 Å². The van der Waals surface area contributed by atoms with Crippen molar-refractivity contribution in [3.63, 3.8) is 0 Å². The third-order valence-corrected chi connectivity index (χ3v) is 3.26. The predicted octanol–water partition coefficient (Wildman–Crippen LogP) is 4.54. The highest BCUT2D eigenvalue weighted by Crippen LogP contribution is 2.30. The third-order valence-electron chi connectivity index (χ3n) is 3.26. The lowest BCUT2D eigenvalue weighted by Crippen LogP contribution is -2.29. The van der Waals surface area contributed by atoms with Crippen LogP contribution in [0.4, 0.5) is 32.0 Å². The molecular weight excluding hydrogens is 378 g/mol. The van der Waals surface area contributed by atoms with E-state index in [1.165, 1.54) is 36.4 Å². The Morgan fingerprint density at radius 1 is 0.963 bits per heavy atom. The first-order valence-corrected chi connectivity index (χ1v) is 7.52. The van der Waals surface area contributed by atoms with Crippen molar-refractivity contribution < 1.29 is 35.9 Å². The van der Waals surface area contributed by atoms with E-state index in [2.05, 4.69) is 15.6 Å². The summed E-state index contributed by atoms with van der Waals surface area (Å²) in [6.07, 6.45) is -8.93. The molecule has 2 aromatic carbocycles. The van der Waals surface area contributed by atoms with Crippen LogP contribution in [0, 0.1) is 0 Å². The molecule has 0 bridgehead atoms. The summed E-state index contributed by atoms with van der Waals surface area (Å²) in [5.74, 6) is -0.629. The van der Waals surface area contributed by atoms with Crippen LogP contribution in [-0.2, 0) is 17.5 Å². The van der Waals surface area contributed by atoms with E-state index in [1.54, 1.807) is 0 Å². The van der Waals surface area contributed by atoms with Gasteiger partial charge in [0.15, 0.2) is 0 Å². The van der Waals surface area contributed by atoms with Crippen LogP contribution in [0.3, 0.4) is 0 Å². The minimum atomic E-state index is -4.51. The van der Waals surface area contributed by atoms with Crippen LogP contribution in [0.5, 0.6) is 0 Å². The SMILES string of the molecule is O=C(NNc1cccc(C(F)(F)F)c1)c1ccc(COCC(F)(F)F)cc1. The fraction of sp³-hybridized carbons (Fsp3) is 0.235. The van der Waals surface area contributed by atoms with E-state index in [-0.39, 0.29) is 17.9 Å². The van der Waals surface area contributed by atoms with E-state index in [0.29, 0.717) is 5.56 Å². The Morgan fingerprint density at radius 2 is 1.63 bits per heavy atom. The normalized spacial score (nSPS) is 11.9. The highest BCUT2D eigenvalue weighted by molar-refractivity contribution is 5.94. The zero-order chi connectivity index (χ0) is 20.1. The molecule has 0 atom stereocenters. The van der Waals surface area contributed by atoms with Gasteiger partial charge in [-0.3, -0.25) is 15.6 Å². The summed E-state index contributed by atoms with van der Waals surface area (Å²) >= 11 is 0. The van der Waals surface area contributed by atoms with Gasteiger partial charge in [0.2, 0.25) is 0 Å². The summed E-state index contributed by atoms with van der Waals surface area (Å²) in [5, 5.41) is 0. The molecule has 27 heavy (non-hydrogen) atoms. The summed E-state index contributed by atoms with van der Waals surface area (Å²) in [6.45, 7) is -1.65. The third kappa shape index (κ3) is 6.81. The minimum absolute atomic E-state index is 0.0374. The van der Waals surface area contributed by atoms with Gasteiger partial charge < -0.3 is 4.74 Å². The first-order chi connectivity index (χ1) is 12.5. The van der Waals surface area contributed by atoms with Crippen LogP contribution in [0.25, 0.3) is 0 Å². The van der Waals surface area contributed by atoms with Crippen LogP contribution >= 0.6 is 0 Å². The zero-order valence-corrected chi connectivity index (χ0v) is 13.6. The lowest BCUT2D eigenvalue weighted by Gasteiger charge is -2.12. The van der Waals surface area contributed by atoms with E-state index in [4.69, 9.17) is 0 Å². The topological polar surface area (TPSA) is 50.4 Å². The summed E-state index contributed by atoms with van der Waals surface area (Å²) in [7, 11) is 0. The number of carbonyl (C=O) groups excluding carboxylic acids is 1. The molecule has 10 heteroatoms. The van der Waals surface area contributed by atoms with Gasteiger partial charge in [0.1, 0.15) is 6.61 Å². The standard InChI is InChI=1S/C17H14F6N2O2/c18-16(19,20)10-27-9-11-4-6-12(7-5-11)15(26)25-24-14-3-1-2-13(8-14)17(21,22)23/h1-8,24H,9-10H2,(H,25,26). The minimum Gasteiger partial charge on any atom is -0.367 e. The average molecular weight is 392 g/mol. The molecule has 0 fully saturated rings. The molecule has 0 aliphatic heterocycles. The van der Waals surface area contributed by atoms with Crippen LogP contribution in [0.15, 0.2) is 48.5 Å². The molecule has 0 heterocycles. The van der Waals surface area contributed by atoms with Gasteiger partial charge in [-0.05, 0) is 35.9 Å². The molecule has 0 aliphatic rings. The number of hydrazine groups is 1. The molecular formula is C17H14F6N2O2. The van der Waals surface area contributed by atoms with Crippen LogP contribution in [0.2, 0.25) is 0 Å². The van der Waals surface area contributed by atoms with Crippen molar-refractivity contribution in [2.45, 2.75) is 19.0 Å². The van der Waals surface area contributed by atoms with Crippen molar-refractivity contribution in [1.82, 2.24) is 5.43 Å². The lowest BCUT2D eigenvalue weighted by molar-refractivity contribution is -0.176. The second kappa shape index (κ2) is 8.30. The number of carbonyl (C=O) groups is 1. The van der Waals surface area contributed by atoms with E-state index < -0.39 is 30.4 Å². The predicted molar refractivity (Wildman–Crippen MR) is 84.7 cm³/mol. The van der Waals surface area contributed by atoms with Gasteiger partial charge in [0.05, 0.1) is 17.9 Å². The number of hydrogen-bond acceptors (Lipinski definition) is 3. The van der Waals surface area contributed by atoms with Crippen LogP contribution < -0.4 is 10.9 Å². The average Bonchev–Trinajstić information content (AvgIpc) is 2.59. The van der Waals surface area contributed by atoms with E-state index in [1.807, 2.05) is 0 Å².